The lowest BCUT2D eigenvalue weighted by atomic mass is 10.1. The highest BCUT2D eigenvalue weighted by atomic mass is 35.5. The molecule has 96 valence electrons. The van der Waals surface area contributed by atoms with Gasteiger partial charge in [-0.25, -0.2) is 0 Å². The first kappa shape index (κ1) is 13.2. The van der Waals surface area contributed by atoms with Crippen LogP contribution >= 0.6 is 11.6 Å². The molecule has 0 spiro atoms. The summed E-state index contributed by atoms with van der Waals surface area (Å²) < 4.78 is 5.31. The molecule has 0 aliphatic heterocycles. The van der Waals surface area contributed by atoms with E-state index in [1.807, 2.05) is 18.2 Å². The summed E-state index contributed by atoms with van der Waals surface area (Å²) in [7, 11) is 1.64. The Morgan fingerprint density at radius 1 is 1.50 bits per heavy atom. The van der Waals surface area contributed by atoms with E-state index in [4.69, 9.17) is 21.6 Å². The number of nitriles is 1. The molecule has 2 atom stereocenters. The SMILES string of the molecule is COc1cccc(Cl)c1CNC1CCCC1C#N. The van der Waals surface area contributed by atoms with Crippen LogP contribution in [0.4, 0.5) is 0 Å². The third-order valence-electron chi connectivity index (χ3n) is 3.52. The fourth-order valence-corrected chi connectivity index (χ4v) is 2.73. The lowest BCUT2D eigenvalue weighted by molar-refractivity contribution is 0.401. The minimum Gasteiger partial charge on any atom is -0.496 e. The van der Waals surface area contributed by atoms with Crippen LogP contribution in [-0.2, 0) is 6.54 Å². The lowest BCUT2D eigenvalue weighted by Crippen LogP contribution is -2.31. The van der Waals surface area contributed by atoms with Crippen LogP contribution in [-0.4, -0.2) is 13.2 Å². The first-order chi connectivity index (χ1) is 8.76. The Bertz CT molecular complexity index is 456. The van der Waals surface area contributed by atoms with Gasteiger partial charge in [-0.15, -0.1) is 0 Å². The first-order valence-corrected chi connectivity index (χ1v) is 6.58. The molecule has 1 aromatic carbocycles. The Morgan fingerprint density at radius 3 is 3.06 bits per heavy atom. The van der Waals surface area contributed by atoms with E-state index >= 15 is 0 Å². The molecule has 1 aliphatic carbocycles. The molecular weight excluding hydrogens is 248 g/mol. The largest absolute Gasteiger partial charge is 0.496 e. The maximum Gasteiger partial charge on any atom is 0.124 e. The van der Waals surface area contributed by atoms with Gasteiger partial charge in [-0.05, 0) is 25.0 Å². The zero-order valence-electron chi connectivity index (χ0n) is 10.4. The molecule has 0 saturated heterocycles. The third kappa shape index (κ3) is 2.77. The second-order valence-corrected chi connectivity index (χ2v) is 4.98. The zero-order chi connectivity index (χ0) is 13.0. The summed E-state index contributed by atoms with van der Waals surface area (Å²) in [5, 5.41) is 13.2. The highest BCUT2D eigenvalue weighted by Gasteiger charge is 2.26. The van der Waals surface area contributed by atoms with Crippen molar-refractivity contribution in [3.63, 3.8) is 0 Å². The number of rotatable bonds is 4. The highest BCUT2D eigenvalue weighted by molar-refractivity contribution is 6.31. The standard InChI is InChI=1S/C14H17ClN2O/c1-18-14-7-3-5-12(15)11(14)9-17-13-6-2-4-10(13)8-16/h3,5,7,10,13,17H,2,4,6,9H2,1H3. The maximum atomic E-state index is 9.05. The van der Waals surface area contributed by atoms with Gasteiger partial charge in [0.2, 0.25) is 0 Å². The summed E-state index contributed by atoms with van der Waals surface area (Å²) in [5.74, 6) is 0.917. The van der Waals surface area contributed by atoms with Crippen LogP contribution in [0.5, 0.6) is 5.75 Å². The van der Waals surface area contributed by atoms with Crippen LogP contribution in [0.15, 0.2) is 18.2 Å². The quantitative estimate of drug-likeness (QED) is 0.909. The number of hydrogen-bond donors (Lipinski definition) is 1. The molecule has 18 heavy (non-hydrogen) atoms. The second-order valence-electron chi connectivity index (χ2n) is 4.57. The van der Waals surface area contributed by atoms with Crippen molar-refractivity contribution in [3.05, 3.63) is 28.8 Å². The summed E-state index contributed by atoms with van der Waals surface area (Å²) >= 11 is 6.18. The summed E-state index contributed by atoms with van der Waals surface area (Å²) in [6.45, 7) is 0.645. The molecule has 3 nitrogen and oxygen atoms in total. The molecule has 2 unspecified atom stereocenters. The minimum atomic E-state index is 0.124. The molecule has 1 aliphatic rings. The monoisotopic (exact) mass is 264 g/mol. The van der Waals surface area contributed by atoms with Crippen LogP contribution in [0, 0.1) is 17.2 Å². The number of nitrogens with one attached hydrogen (secondary N) is 1. The van der Waals surface area contributed by atoms with Gasteiger partial charge < -0.3 is 10.1 Å². The molecule has 1 N–H and O–H groups in total. The third-order valence-corrected chi connectivity index (χ3v) is 3.87. The molecule has 2 rings (SSSR count). The van der Waals surface area contributed by atoms with Crippen molar-refractivity contribution in [2.24, 2.45) is 5.92 Å². The average molecular weight is 265 g/mol. The molecule has 1 aromatic rings. The normalized spacial score (nSPS) is 22.7. The predicted molar refractivity (Wildman–Crippen MR) is 71.6 cm³/mol. The topological polar surface area (TPSA) is 45.0 Å². The number of halogens is 1. The van der Waals surface area contributed by atoms with E-state index in [2.05, 4.69) is 11.4 Å². The fraction of sp³-hybridized carbons (Fsp3) is 0.500. The van der Waals surface area contributed by atoms with Gasteiger partial charge in [0.05, 0.1) is 19.1 Å². The number of ether oxygens (including phenoxy) is 1. The van der Waals surface area contributed by atoms with Gasteiger partial charge in [0.25, 0.3) is 0 Å². The number of benzene rings is 1. The molecule has 0 radical (unpaired) electrons. The van der Waals surface area contributed by atoms with E-state index in [-0.39, 0.29) is 12.0 Å². The van der Waals surface area contributed by atoms with E-state index in [1.54, 1.807) is 7.11 Å². The number of methoxy groups -OCH3 is 1. The summed E-state index contributed by atoms with van der Waals surface area (Å²) in [5.41, 5.74) is 0.963. The summed E-state index contributed by atoms with van der Waals surface area (Å²) in [6, 6.07) is 8.27. The van der Waals surface area contributed by atoms with Crippen molar-refractivity contribution >= 4 is 11.6 Å². The smallest absolute Gasteiger partial charge is 0.124 e. The Balaban J connectivity index is 2.04. The van der Waals surface area contributed by atoms with Crippen molar-refractivity contribution in [1.29, 1.82) is 5.26 Å². The van der Waals surface area contributed by atoms with Crippen molar-refractivity contribution < 1.29 is 4.74 Å². The van der Waals surface area contributed by atoms with Crippen LogP contribution in [0.3, 0.4) is 0 Å². The van der Waals surface area contributed by atoms with Gasteiger partial charge in [-0.1, -0.05) is 24.1 Å². The van der Waals surface area contributed by atoms with Crippen molar-refractivity contribution in [3.8, 4) is 11.8 Å². The first-order valence-electron chi connectivity index (χ1n) is 6.20. The molecular formula is C14H17ClN2O. The van der Waals surface area contributed by atoms with Gasteiger partial charge in [-0.3, -0.25) is 0 Å². The zero-order valence-corrected chi connectivity index (χ0v) is 11.2. The average Bonchev–Trinajstić information content (AvgIpc) is 2.84. The number of nitrogens with zero attached hydrogens (tertiary/aromatic N) is 1. The maximum absolute atomic E-state index is 9.05. The molecule has 4 heteroatoms. The van der Waals surface area contributed by atoms with Crippen molar-refractivity contribution in [1.82, 2.24) is 5.32 Å². The Hall–Kier alpha value is -1.24. The number of hydrogen-bond acceptors (Lipinski definition) is 3. The van der Waals surface area contributed by atoms with Crippen LogP contribution < -0.4 is 10.1 Å². The Morgan fingerprint density at radius 2 is 2.33 bits per heavy atom. The van der Waals surface area contributed by atoms with E-state index in [0.717, 1.165) is 30.6 Å². The van der Waals surface area contributed by atoms with Gasteiger partial charge in [0.15, 0.2) is 0 Å². The highest BCUT2D eigenvalue weighted by Crippen LogP contribution is 2.28. The van der Waals surface area contributed by atoms with Gasteiger partial charge >= 0.3 is 0 Å². The van der Waals surface area contributed by atoms with Crippen LogP contribution in [0.1, 0.15) is 24.8 Å². The second kappa shape index (κ2) is 6.08. The van der Waals surface area contributed by atoms with Crippen molar-refractivity contribution in [2.75, 3.05) is 7.11 Å². The van der Waals surface area contributed by atoms with Gasteiger partial charge in [0, 0.05) is 23.2 Å². The van der Waals surface area contributed by atoms with E-state index < -0.39 is 0 Å². The Kier molecular flexibility index (Phi) is 4.46. The van der Waals surface area contributed by atoms with E-state index in [9.17, 15) is 0 Å². The van der Waals surface area contributed by atoms with E-state index in [0.29, 0.717) is 11.6 Å². The Labute approximate surface area is 113 Å². The molecule has 1 fully saturated rings. The summed E-state index contributed by atoms with van der Waals surface area (Å²) in [4.78, 5) is 0. The van der Waals surface area contributed by atoms with Crippen LogP contribution in [0.25, 0.3) is 0 Å². The molecule has 0 heterocycles. The fourth-order valence-electron chi connectivity index (χ4n) is 2.49. The minimum absolute atomic E-state index is 0.124. The molecule has 0 bridgehead atoms. The van der Waals surface area contributed by atoms with E-state index in [1.165, 1.54) is 0 Å². The van der Waals surface area contributed by atoms with Gasteiger partial charge in [0.1, 0.15) is 5.75 Å². The van der Waals surface area contributed by atoms with Crippen LogP contribution in [0.2, 0.25) is 5.02 Å². The molecule has 1 saturated carbocycles. The predicted octanol–water partition coefficient (Wildman–Crippen LogP) is 3.13. The molecule has 0 aromatic heterocycles. The molecule has 0 amide bonds. The van der Waals surface area contributed by atoms with Gasteiger partial charge in [-0.2, -0.15) is 5.26 Å². The lowest BCUT2D eigenvalue weighted by Gasteiger charge is -2.17. The summed E-state index contributed by atoms with van der Waals surface area (Å²) in [6.07, 6.45) is 3.17. The van der Waals surface area contributed by atoms with Crippen molar-refractivity contribution in [2.45, 2.75) is 31.8 Å².